The average molecular weight is 260 g/mol. The van der Waals surface area contributed by atoms with Crippen molar-refractivity contribution in [3.05, 3.63) is 16.1 Å². The molecule has 1 saturated heterocycles. The molecule has 1 aliphatic heterocycles. The van der Waals surface area contributed by atoms with E-state index in [1.54, 1.807) is 11.3 Å². The van der Waals surface area contributed by atoms with Crippen LogP contribution in [0.2, 0.25) is 0 Å². The van der Waals surface area contributed by atoms with Gasteiger partial charge in [0.25, 0.3) is 0 Å². The Kier molecular flexibility index (Phi) is 3.61. The van der Waals surface area contributed by atoms with Gasteiger partial charge in [-0.25, -0.2) is 13.4 Å². The van der Waals surface area contributed by atoms with Crippen molar-refractivity contribution in [3.63, 3.8) is 0 Å². The maximum atomic E-state index is 11.3. The molecule has 2 heterocycles. The molecule has 0 amide bonds. The SMILES string of the molecule is NCCc1cnc(C2CCS(=O)(=O)CC2)s1. The number of rotatable bonds is 3. The highest BCUT2D eigenvalue weighted by Gasteiger charge is 2.26. The van der Waals surface area contributed by atoms with Crippen molar-refractivity contribution >= 4 is 21.2 Å². The predicted octanol–water partition coefficient (Wildman–Crippen LogP) is 0.937. The van der Waals surface area contributed by atoms with Crippen molar-refractivity contribution in [2.24, 2.45) is 5.73 Å². The maximum Gasteiger partial charge on any atom is 0.150 e. The predicted molar refractivity (Wildman–Crippen MR) is 65.5 cm³/mol. The van der Waals surface area contributed by atoms with Crippen LogP contribution in [0, 0.1) is 0 Å². The van der Waals surface area contributed by atoms with E-state index in [9.17, 15) is 8.42 Å². The summed E-state index contributed by atoms with van der Waals surface area (Å²) in [6, 6.07) is 0. The monoisotopic (exact) mass is 260 g/mol. The van der Waals surface area contributed by atoms with E-state index in [0.717, 1.165) is 24.3 Å². The van der Waals surface area contributed by atoms with Crippen molar-refractivity contribution < 1.29 is 8.42 Å². The third kappa shape index (κ3) is 2.81. The van der Waals surface area contributed by atoms with Crippen LogP contribution in [0.1, 0.15) is 28.6 Å². The number of aromatic nitrogens is 1. The van der Waals surface area contributed by atoms with E-state index in [-0.39, 0.29) is 0 Å². The van der Waals surface area contributed by atoms with Gasteiger partial charge in [-0.3, -0.25) is 0 Å². The largest absolute Gasteiger partial charge is 0.330 e. The van der Waals surface area contributed by atoms with Crippen LogP contribution in [-0.4, -0.2) is 31.5 Å². The molecule has 0 saturated carbocycles. The zero-order valence-corrected chi connectivity index (χ0v) is 10.7. The molecule has 0 bridgehead atoms. The average Bonchev–Trinajstić information content (AvgIpc) is 2.67. The Hall–Kier alpha value is -0.460. The van der Waals surface area contributed by atoms with Crippen molar-refractivity contribution in [1.82, 2.24) is 4.98 Å². The Labute approximate surface area is 99.8 Å². The lowest BCUT2D eigenvalue weighted by Crippen LogP contribution is -2.21. The zero-order chi connectivity index (χ0) is 11.6. The molecule has 16 heavy (non-hydrogen) atoms. The lowest BCUT2D eigenvalue weighted by molar-refractivity contribution is 0.549. The van der Waals surface area contributed by atoms with Gasteiger partial charge in [0.05, 0.1) is 16.5 Å². The molecule has 6 heteroatoms. The van der Waals surface area contributed by atoms with Crippen molar-refractivity contribution in [1.29, 1.82) is 0 Å². The van der Waals surface area contributed by atoms with E-state index >= 15 is 0 Å². The number of nitrogens with two attached hydrogens (primary N) is 1. The van der Waals surface area contributed by atoms with E-state index in [1.807, 2.05) is 6.20 Å². The van der Waals surface area contributed by atoms with Gasteiger partial charge in [0.1, 0.15) is 9.84 Å². The Morgan fingerprint density at radius 1 is 1.44 bits per heavy atom. The van der Waals surface area contributed by atoms with Crippen LogP contribution in [0.15, 0.2) is 6.20 Å². The number of hydrogen-bond donors (Lipinski definition) is 1. The normalized spacial score (nSPS) is 21.1. The molecule has 90 valence electrons. The Balaban J connectivity index is 2.02. The smallest absolute Gasteiger partial charge is 0.150 e. The molecular formula is C10H16N2O2S2. The van der Waals surface area contributed by atoms with E-state index < -0.39 is 9.84 Å². The first-order valence-corrected chi connectivity index (χ1v) is 8.09. The summed E-state index contributed by atoms with van der Waals surface area (Å²) in [5.41, 5.74) is 5.48. The fourth-order valence-corrected chi connectivity index (χ4v) is 4.50. The summed E-state index contributed by atoms with van der Waals surface area (Å²) in [5.74, 6) is 0.951. The van der Waals surface area contributed by atoms with Crippen LogP contribution < -0.4 is 5.73 Å². The molecule has 1 fully saturated rings. The van der Waals surface area contributed by atoms with Crippen LogP contribution in [-0.2, 0) is 16.3 Å². The topological polar surface area (TPSA) is 73.0 Å². The summed E-state index contributed by atoms with van der Waals surface area (Å²) < 4.78 is 22.6. The van der Waals surface area contributed by atoms with Crippen molar-refractivity contribution in [3.8, 4) is 0 Å². The maximum absolute atomic E-state index is 11.3. The Morgan fingerprint density at radius 2 is 2.12 bits per heavy atom. The van der Waals surface area contributed by atoms with Gasteiger partial charge in [-0.15, -0.1) is 11.3 Å². The molecule has 0 radical (unpaired) electrons. The molecule has 0 spiro atoms. The number of thiazole rings is 1. The third-order valence-electron chi connectivity index (χ3n) is 2.87. The zero-order valence-electron chi connectivity index (χ0n) is 9.05. The summed E-state index contributed by atoms with van der Waals surface area (Å²) in [6.45, 7) is 0.640. The standard InChI is InChI=1S/C10H16N2O2S2/c11-4-1-9-7-12-10(15-9)8-2-5-16(13,14)6-3-8/h7-8H,1-6,11H2. The summed E-state index contributed by atoms with van der Waals surface area (Å²) in [6.07, 6.45) is 4.18. The van der Waals surface area contributed by atoms with Crippen LogP contribution in [0.3, 0.4) is 0 Å². The second-order valence-corrected chi connectivity index (χ2v) is 7.58. The number of hydrogen-bond acceptors (Lipinski definition) is 5. The van der Waals surface area contributed by atoms with Gasteiger partial charge in [-0.05, 0) is 25.8 Å². The summed E-state index contributed by atoms with van der Waals surface area (Å²) in [5, 5.41) is 1.08. The van der Waals surface area contributed by atoms with Gasteiger partial charge in [0, 0.05) is 17.0 Å². The van der Waals surface area contributed by atoms with Crippen LogP contribution in [0.5, 0.6) is 0 Å². The Bertz CT molecular complexity index is 439. The van der Waals surface area contributed by atoms with Crippen molar-refractivity contribution in [2.45, 2.75) is 25.2 Å². The van der Waals surface area contributed by atoms with Gasteiger partial charge < -0.3 is 5.73 Å². The van der Waals surface area contributed by atoms with Crippen LogP contribution in [0.4, 0.5) is 0 Å². The third-order valence-corrected chi connectivity index (χ3v) is 5.80. The summed E-state index contributed by atoms with van der Waals surface area (Å²) in [7, 11) is -2.77. The molecule has 0 unspecified atom stereocenters. The minimum Gasteiger partial charge on any atom is -0.330 e. The second kappa shape index (κ2) is 4.81. The fraction of sp³-hybridized carbons (Fsp3) is 0.700. The van der Waals surface area contributed by atoms with Gasteiger partial charge >= 0.3 is 0 Å². The van der Waals surface area contributed by atoms with Crippen LogP contribution in [0.25, 0.3) is 0 Å². The molecule has 2 rings (SSSR count). The first-order chi connectivity index (χ1) is 7.61. The first kappa shape index (κ1) is 12.0. The van der Waals surface area contributed by atoms with Gasteiger partial charge in [0.2, 0.25) is 0 Å². The summed E-state index contributed by atoms with van der Waals surface area (Å²) >= 11 is 1.68. The molecule has 4 nitrogen and oxygen atoms in total. The van der Waals surface area contributed by atoms with E-state index in [1.165, 1.54) is 4.88 Å². The molecule has 1 aliphatic rings. The highest BCUT2D eigenvalue weighted by Crippen LogP contribution is 2.31. The molecule has 2 N–H and O–H groups in total. The minimum absolute atomic E-state index is 0.309. The number of sulfone groups is 1. The molecule has 1 aromatic rings. The van der Waals surface area contributed by atoms with Gasteiger partial charge in [-0.1, -0.05) is 0 Å². The Morgan fingerprint density at radius 3 is 2.75 bits per heavy atom. The summed E-state index contributed by atoms with van der Waals surface area (Å²) in [4.78, 5) is 5.57. The second-order valence-electron chi connectivity index (χ2n) is 4.13. The highest BCUT2D eigenvalue weighted by atomic mass is 32.2. The lowest BCUT2D eigenvalue weighted by atomic mass is 10.0. The van der Waals surface area contributed by atoms with Crippen molar-refractivity contribution in [2.75, 3.05) is 18.1 Å². The first-order valence-electron chi connectivity index (χ1n) is 5.46. The minimum atomic E-state index is -2.77. The van der Waals surface area contributed by atoms with Crippen LogP contribution >= 0.6 is 11.3 Å². The highest BCUT2D eigenvalue weighted by molar-refractivity contribution is 7.91. The molecule has 0 aliphatic carbocycles. The molecule has 1 aromatic heterocycles. The van der Waals surface area contributed by atoms with Gasteiger partial charge in [0.15, 0.2) is 0 Å². The lowest BCUT2D eigenvalue weighted by Gasteiger charge is -2.19. The molecule has 0 aromatic carbocycles. The fourth-order valence-electron chi connectivity index (χ4n) is 1.91. The van der Waals surface area contributed by atoms with Gasteiger partial charge in [-0.2, -0.15) is 0 Å². The molecular weight excluding hydrogens is 244 g/mol. The van der Waals surface area contributed by atoms with E-state index in [2.05, 4.69) is 4.98 Å². The quantitative estimate of drug-likeness (QED) is 0.877. The molecule has 0 atom stereocenters. The number of nitrogens with zero attached hydrogens (tertiary/aromatic N) is 1. The van der Waals surface area contributed by atoms with E-state index in [4.69, 9.17) is 5.73 Å². The van der Waals surface area contributed by atoms with E-state index in [0.29, 0.717) is 24.0 Å².